The van der Waals surface area contributed by atoms with Crippen molar-refractivity contribution in [3.8, 4) is 17.0 Å². The summed E-state index contributed by atoms with van der Waals surface area (Å²) in [6.07, 6.45) is 0. The van der Waals surface area contributed by atoms with Crippen LogP contribution in [0.5, 0.6) is 5.75 Å². The van der Waals surface area contributed by atoms with E-state index in [1.807, 2.05) is 37.3 Å². The number of aryl methyl sites for hydroxylation is 1. The third-order valence-electron chi connectivity index (χ3n) is 3.86. The van der Waals surface area contributed by atoms with E-state index in [2.05, 4.69) is 10.1 Å². The molecule has 0 fully saturated rings. The van der Waals surface area contributed by atoms with E-state index in [-0.39, 0.29) is 5.82 Å². The van der Waals surface area contributed by atoms with E-state index in [4.69, 9.17) is 4.74 Å². The SMILES string of the molecule is COc1cccc(F)c1-c1nc2cc(C)nn2c2ccccc12. The Kier molecular flexibility index (Phi) is 3.01. The van der Waals surface area contributed by atoms with E-state index in [1.54, 1.807) is 16.6 Å². The highest BCUT2D eigenvalue weighted by atomic mass is 19.1. The molecule has 0 saturated heterocycles. The summed E-state index contributed by atoms with van der Waals surface area (Å²) in [6, 6.07) is 14.4. The number of para-hydroxylation sites is 1. The van der Waals surface area contributed by atoms with Crippen LogP contribution >= 0.6 is 0 Å². The Balaban J connectivity index is 2.18. The summed E-state index contributed by atoms with van der Waals surface area (Å²) in [7, 11) is 1.53. The second-order valence-corrected chi connectivity index (χ2v) is 5.35. The number of halogens is 1. The number of methoxy groups -OCH3 is 1. The van der Waals surface area contributed by atoms with Crippen molar-refractivity contribution in [3.05, 3.63) is 60.0 Å². The van der Waals surface area contributed by atoms with Crippen molar-refractivity contribution < 1.29 is 9.13 Å². The van der Waals surface area contributed by atoms with E-state index in [1.165, 1.54) is 13.2 Å². The van der Waals surface area contributed by atoms with Gasteiger partial charge in [-0.25, -0.2) is 13.9 Å². The Labute approximate surface area is 132 Å². The summed E-state index contributed by atoms with van der Waals surface area (Å²) in [6.45, 7) is 1.91. The Morgan fingerprint density at radius 2 is 1.91 bits per heavy atom. The summed E-state index contributed by atoms with van der Waals surface area (Å²) >= 11 is 0. The van der Waals surface area contributed by atoms with Gasteiger partial charge < -0.3 is 4.74 Å². The van der Waals surface area contributed by atoms with Crippen LogP contribution in [0, 0.1) is 12.7 Å². The van der Waals surface area contributed by atoms with Crippen LogP contribution in [0.1, 0.15) is 5.69 Å². The van der Waals surface area contributed by atoms with Gasteiger partial charge in [0, 0.05) is 11.5 Å². The molecule has 4 aromatic rings. The van der Waals surface area contributed by atoms with Gasteiger partial charge in [0.25, 0.3) is 0 Å². The molecule has 0 atom stereocenters. The number of aromatic nitrogens is 3. The lowest BCUT2D eigenvalue weighted by molar-refractivity contribution is 0.413. The number of fused-ring (bicyclic) bond motifs is 3. The van der Waals surface area contributed by atoms with Gasteiger partial charge in [0.2, 0.25) is 0 Å². The summed E-state index contributed by atoms with van der Waals surface area (Å²) in [5.74, 6) is 0.103. The smallest absolute Gasteiger partial charge is 0.156 e. The van der Waals surface area contributed by atoms with Gasteiger partial charge in [-0.15, -0.1) is 0 Å². The highest BCUT2D eigenvalue weighted by Crippen LogP contribution is 2.36. The maximum atomic E-state index is 14.5. The highest BCUT2D eigenvalue weighted by molar-refractivity contribution is 5.95. The normalized spacial score (nSPS) is 11.3. The van der Waals surface area contributed by atoms with E-state index in [9.17, 15) is 4.39 Å². The molecule has 0 N–H and O–H groups in total. The molecular formula is C18H14FN3O. The van der Waals surface area contributed by atoms with Crippen LogP contribution in [-0.4, -0.2) is 21.7 Å². The van der Waals surface area contributed by atoms with E-state index < -0.39 is 0 Å². The first-order valence-electron chi connectivity index (χ1n) is 7.27. The van der Waals surface area contributed by atoms with Crippen molar-refractivity contribution in [1.82, 2.24) is 14.6 Å². The quantitative estimate of drug-likeness (QED) is 0.562. The van der Waals surface area contributed by atoms with Crippen molar-refractivity contribution in [1.29, 1.82) is 0 Å². The molecule has 2 aromatic carbocycles. The molecule has 4 nitrogen and oxygen atoms in total. The summed E-state index contributed by atoms with van der Waals surface area (Å²) in [5.41, 5.74) is 3.35. The predicted molar refractivity (Wildman–Crippen MR) is 87.2 cm³/mol. The standard InChI is InChI=1S/C18H14FN3O/c1-11-10-16-20-18(17-13(19)7-5-9-15(17)23-2)12-6-3-4-8-14(12)22(16)21-11/h3-10H,1-2H3. The molecule has 2 aromatic heterocycles. The van der Waals surface area contributed by atoms with Gasteiger partial charge in [0.1, 0.15) is 11.6 Å². The lowest BCUT2D eigenvalue weighted by Crippen LogP contribution is -1.99. The second-order valence-electron chi connectivity index (χ2n) is 5.35. The van der Waals surface area contributed by atoms with Gasteiger partial charge in [0.05, 0.1) is 29.6 Å². The van der Waals surface area contributed by atoms with Crippen molar-refractivity contribution in [2.75, 3.05) is 7.11 Å². The molecule has 2 heterocycles. The summed E-state index contributed by atoms with van der Waals surface area (Å²) in [4.78, 5) is 4.64. The van der Waals surface area contributed by atoms with E-state index >= 15 is 0 Å². The van der Waals surface area contributed by atoms with E-state index in [0.717, 1.165) is 16.6 Å². The zero-order valence-electron chi connectivity index (χ0n) is 12.7. The Morgan fingerprint density at radius 1 is 1.09 bits per heavy atom. The molecule has 0 aliphatic rings. The zero-order chi connectivity index (χ0) is 16.0. The van der Waals surface area contributed by atoms with Gasteiger partial charge in [0.15, 0.2) is 5.65 Å². The fourth-order valence-corrected chi connectivity index (χ4v) is 2.87. The lowest BCUT2D eigenvalue weighted by Gasteiger charge is -2.12. The molecule has 0 saturated carbocycles. The van der Waals surface area contributed by atoms with Crippen LogP contribution in [0.2, 0.25) is 0 Å². The second kappa shape index (κ2) is 5.05. The fourth-order valence-electron chi connectivity index (χ4n) is 2.87. The van der Waals surface area contributed by atoms with Crippen molar-refractivity contribution in [3.63, 3.8) is 0 Å². The molecular weight excluding hydrogens is 293 g/mol. The molecule has 0 radical (unpaired) electrons. The van der Waals surface area contributed by atoms with Gasteiger partial charge >= 0.3 is 0 Å². The van der Waals surface area contributed by atoms with E-state index in [0.29, 0.717) is 22.7 Å². The predicted octanol–water partition coefficient (Wildman–Crippen LogP) is 4.01. The number of nitrogens with zero attached hydrogens (tertiary/aromatic N) is 3. The molecule has 4 rings (SSSR count). The monoisotopic (exact) mass is 307 g/mol. The van der Waals surface area contributed by atoms with Crippen LogP contribution < -0.4 is 4.74 Å². The first kappa shape index (κ1) is 13.7. The maximum Gasteiger partial charge on any atom is 0.156 e. The molecule has 0 bridgehead atoms. The third kappa shape index (κ3) is 2.04. The number of ether oxygens (including phenoxy) is 1. The minimum atomic E-state index is -0.359. The highest BCUT2D eigenvalue weighted by Gasteiger charge is 2.18. The Morgan fingerprint density at radius 3 is 2.74 bits per heavy atom. The molecule has 0 aliphatic heterocycles. The van der Waals surface area contributed by atoms with Gasteiger partial charge in [-0.1, -0.05) is 24.3 Å². The first-order valence-corrected chi connectivity index (χ1v) is 7.27. The summed E-state index contributed by atoms with van der Waals surface area (Å²) in [5, 5.41) is 5.30. The number of hydrogen-bond acceptors (Lipinski definition) is 3. The third-order valence-corrected chi connectivity index (χ3v) is 3.86. The molecule has 23 heavy (non-hydrogen) atoms. The molecule has 0 unspecified atom stereocenters. The van der Waals surface area contributed by atoms with Crippen LogP contribution in [-0.2, 0) is 0 Å². The molecule has 0 spiro atoms. The molecule has 5 heteroatoms. The zero-order valence-corrected chi connectivity index (χ0v) is 12.7. The Bertz CT molecular complexity index is 1040. The topological polar surface area (TPSA) is 39.4 Å². The minimum Gasteiger partial charge on any atom is -0.496 e. The van der Waals surface area contributed by atoms with Gasteiger partial charge in [-0.2, -0.15) is 5.10 Å². The largest absolute Gasteiger partial charge is 0.496 e. The average molecular weight is 307 g/mol. The first-order chi connectivity index (χ1) is 11.2. The van der Waals surface area contributed by atoms with Gasteiger partial charge in [-0.3, -0.25) is 0 Å². The van der Waals surface area contributed by atoms with Crippen LogP contribution in [0.3, 0.4) is 0 Å². The number of benzene rings is 2. The Hall–Kier alpha value is -2.95. The average Bonchev–Trinajstić information content (AvgIpc) is 2.94. The fraction of sp³-hybridized carbons (Fsp3) is 0.111. The maximum absolute atomic E-state index is 14.5. The molecule has 114 valence electrons. The van der Waals surface area contributed by atoms with Crippen LogP contribution in [0.25, 0.3) is 27.8 Å². The summed E-state index contributed by atoms with van der Waals surface area (Å²) < 4.78 is 21.6. The van der Waals surface area contributed by atoms with Gasteiger partial charge in [-0.05, 0) is 25.1 Å². The van der Waals surface area contributed by atoms with Crippen molar-refractivity contribution in [2.24, 2.45) is 0 Å². The lowest BCUT2D eigenvalue weighted by atomic mass is 10.0. The van der Waals surface area contributed by atoms with Crippen LogP contribution in [0.4, 0.5) is 4.39 Å². The minimum absolute atomic E-state index is 0.359. The van der Waals surface area contributed by atoms with Crippen LogP contribution in [0.15, 0.2) is 48.5 Å². The van der Waals surface area contributed by atoms with Crippen molar-refractivity contribution in [2.45, 2.75) is 6.92 Å². The molecule has 0 amide bonds. The number of hydrogen-bond donors (Lipinski definition) is 0. The number of rotatable bonds is 2. The molecule has 0 aliphatic carbocycles. The van der Waals surface area contributed by atoms with Crippen molar-refractivity contribution >= 4 is 16.6 Å².